The Kier molecular flexibility index (Phi) is 6.39. The van der Waals surface area contributed by atoms with Crippen molar-refractivity contribution in [3.63, 3.8) is 0 Å². The summed E-state index contributed by atoms with van der Waals surface area (Å²) >= 11 is 7.28. The highest BCUT2D eigenvalue weighted by atomic mass is 35.5. The fraction of sp³-hybridized carbons (Fsp3) is 0.438. The first kappa shape index (κ1) is 18.5. The Morgan fingerprint density at radius 3 is 2.71 bits per heavy atom. The number of amides is 1. The molecule has 0 saturated carbocycles. The Bertz CT molecular complexity index is 726. The van der Waals surface area contributed by atoms with Crippen LogP contribution in [0.3, 0.4) is 0 Å². The number of nitrogens with zero attached hydrogens (tertiary/aromatic N) is 3. The maximum atomic E-state index is 12.0. The Morgan fingerprint density at radius 2 is 2.12 bits per heavy atom. The number of hydrogen-bond donors (Lipinski definition) is 0. The number of halogens is 1. The highest BCUT2D eigenvalue weighted by Crippen LogP contribution is 2.22. The third-order valence-electron chi connectivity index (χ3n) is 3.44. The average molecular weight is 370 g/mol. The maximum absolute atomic E-state index is 12.0. The largest absolute Gasteiger partial charge is 0.456 e. The molecule has 2 aromatic heterocycles. The van der Waals surface area contributed by atoms with Crippen LogP contribution in [0.2, 0.25) is 4.34 Å². The van der Waals surface area contributed by atoms with Crippen LogP contribution in [0.25, 0.3) is 0 Å². The van der Waals surface area contributed by atoms with Crippen molar-refractivity contribution in [3.05, 3.63) is 38.8 Å². The van der Waals surface area contributed by atoms with Crippen molar-refractivity contribution in [2.24, 2.45) is 0 Å². The first-order valence-corrected chi connectivity index (χ1v) is 8.69. The van der Waals surface area contributed by atoms with E-state index in [9.17, 15) is 9.59 Å². The van der Waals surface area contributed by atoms with Gasteiger partial charge in [0.1, 0.15) is 0 Å². The zero-order chi connectivity index (χ0) is 17.7. The van der Waals surface area contributed by atoms with E-state index in [0.29, 0.717) is 17.4 Å². The van der Waals surface area contributed by atoms with Crippen LogP contribution in [0.5, 0.6) is 0 Å². The highest BCUT2D eigenvalue weighted by Gasteiger charge is 2.14. The predicted octanol–water partition coefficient (Wildman–Crippen LogP) is 2.81. The van der Waals surface area contributed by atoms with Crippen molar-refractivity contribution >= 4 is 34.8 Å². The molecule has 0 bridgehead atoms. The van der Waals surface area contributed by atoms with E-state index >= 15 is 0 Å². The molecule has 0 unspecified atom stereocenters. The summed E-state index contributed by atoms with van der Waals surface area (Å²) in [6.07, 6.45) is 0.180. The topological polar surface area (TPSA) is 64.4 Å². The van der Waals surface area contributed by atoms with Crippen LogP contribution in [0.4, 0.5) is 0 Å². The second-order valence-corrected chi connectivity index (χ2v) is 7.32. The van der Waals surface area contributed by atoms with Gasteiger partial charge in [-0.3, -0.25) is 14.3 Å². The lowest BCUT2D eigenvalue weighted by atomic mass is 10.4. The lowest BCUT2D eigenvalue weighted by molar-refractivity contribution is -0.151. The fourth-order valence-corrected chi connectivity index (χ4v) is 3.32. The van der Waals surface area contributed by atoms with E-state index in [0.717, 1.165) is 16.3 Å². The molecule has 0 spiro atoms. The number of thiophene rings is 1. The van der Waals surface area contributed by atoms with Crippen LogP contribution in [0.1, 0.15) is 22.7 Å². The third-order valence-corrected chi connectivity index (χ3v) is 4.65. The Labute approximate surface area is 150 Å². The summed E-state index contributed by atoms with van der Waals surface area (Å²) in [7, 11) is 1.67. The molecule has 0 radical (unpaired) electrons. The normalized spacial score (nSPS) is 10.7. The molecule has 8 heteroatoms. The summed E-state index contributed by atoms with van der Waals surface area (Å²) in [5.74, 6) is -0.664. The Morgan fingerprint density at radius 1 is 1.38 bits per heavy atom. The predicted molar refractivity (Wildman–Crippen MR) is 93.1 cm³/mol. The maximum Gasteiger partial charge on any atom is 0.308 e. The van der Waals surface area contributed by atoms with E-state index in [4.69, 9.17) is 16.3 Å². The van der Waals surface area contributed by atoms with Gasteiger partial charge in [-0.25, -0.2) is 0 Å². The summed E-state index contributed by atoms with van der Waals surface area (Å²) in [6.45, 7) is 4.46. The molecule has 0 aliphatic heterocycles. The number of carbonyl (C=O) groups excluding carboxylic acids is 2. The van der Waals surface area contributed by atoms with Crippen LogP contribution >= 0.6 is 22.9 Å². The van der Waals surface area contributed by atoms with Gasteiger partial charge in [0, 0.05) is 17.6 Å². The van der Waals surface area contributed by atoms with Gasteiger partial charge in [-0.05, 0) is 32.0 Å². The summed E-state index contributed by atoms with van der Waals surface area (Å²) in [5.41, 5.74) is 1.90. The fourth-order valence-electron chi connectivity index (χ4n) is 2.18. The van der Waals surface area contributed by atoms with Crippen molar-refractivity contribution in [2.75, 3.05) is 13.7 Å². The average Bonchev–Trinajstić information content (AvgIpc) is 3.07. The van der Waals surface area contributed by atoms with E-state index in [1.54, 1.807) is 17.8 Å². The van der Waals surface area contributed by atoms with Gasteiger partial charge in [0.25, 0.3) is 5.91 Å². The first-order valence-electron chi connectivity index (χ1n) is 7.50. The summed E-state index contributed by atoms with van der Waals surface area (Å²) in [4.78, 5) is 26.3. The molecule has 0 aliphatic carbocycles. The zero-order valence-corrected chi connectivity index (χ0v) is 15.5. The standard InChI is InChI=1S/C16H20ClN3O3S/c1-11-8-12(2)20(18-11)7-6-16(22)23-10-15(21)19(3)9-13-4-5-14(17)24-13/h4-5,8H,6-7,9-10H2,1-3H3. The molecule has 0 N–H and O–H groups in total. The smallest absolute Gasteiger partial charge is 0.308 e. The van der Waals surface area contributed by atoms with Crippen molar-refractivity contribution in [1.29, 1.82) is 0 Å². The molecule has 24 heavy (non-hydrogen) atoms. The number of ether oxygens (including phenoxy) is 1. The van der Waals surface area contributed by atoms with Crippen molar-refractivity contribution < 1.29 is 14.3 Å². The zero-order valence-electron chi connectivity index (χ0n) is 13.9. The molecule has 0 saturated heterocycles. The Hall–Kier alpha value is -1.86. The van der Waals surface area contributed by atoms with Crippen molar-refractivity contribution in [2.45, 2.75) is 33.4 Å². The van der Waals surface area contributed by atoms with E-state index < -0.39 is 5.97 Å². The molecule has 6 nitrogen and oxygen atoms in total. The molecular formula is C16H20ClN3O3S. The van der Waals surface area contributed by atoms with Gasteiger partial charge in [0.2, 0.25) is 0 Å². The SMILES string of the molecule is Cc1cc(C)n(CCC(=O)OCC(=O)N(C)Cc2ccc(Cl)s2)n1. The molecule has 130 valence electrons. The number of aryl methyl sites for hydroxylation is 3. The van der Waals surface area contributed by atoms with Gasteiger partial charge in [-0.2, -0.15) is 5.10 Å². The van der Waals surface area contributed by atoms with Crippen LogP contribution < -0.4 is 0 Å². The number of aromatic nitrogens is 2. The third kappa shape index (κ3) is 5.35. The van der Waals surface area contributed by atoms with Crippen molar-refractivity contribution in [3.8, 4) is 0 Å². The molecule has 2 aromatic rings. The summed E-state index contributed by atoms with van der Waals surface area (Å²) in [5, 5.41) is 4.28. The van der Waals surface area contributed by atoms with E-state index in [1.165, 1.54) is 16.2 Å². The second kappa shape index (κ2) is 8.30. The van der Waals surface area contributed by atoms with Gasteiger partial charge in [-0.1, -0.05) is 11.6 Å². The van der Waals surface area contributed by atoms with E-state index in [1.807, 2.05) is 26.0 Å². The Balaban J connectivity index is 1.72. The second-order valence-electron chi connectivity index (χ2n) is 5.52. The van der Waals surface area contributed by atoms with Gasteiger partial charge in [-0.15, -0.1) is 11.3 Å². The molecule has 0 aromatic carbocycles. The molecule has 2 rings (SSSR count). The minimum absolute atomic E-state index is 0.180. The molecule has 0 fully saturated rings. The van der Waals surface area contributed by atoms with Crippen LogP contribution in [-0.2, 0) is 27.4 Å². The monoisotopic (exact) mass is 369 g/mol. The van der Waals surface area contributed by atoms with Gasteiger partial charge in [0.15, 0.2) is 6.61 Å². The number of esters is 1. The number of hydrogen-bond acceptors (Lipinski definition) is 5. The van der Waals surface area contributed by atoms with E-state index in [2.05, 4.69) is 5.10 Å². The van der Waals surface area contributed by atoms with Gasteiger partial charge < -0.3 is 9.64 Å². The lowest BCUT2D eigenvalue weighted by Gasteiger charge is -2.16. The van der Waals surface area contributed by atoms with Crippen LogP contribution in [-0.4, -0.2) is 40.2 Å². The molecular weight excluding hydrogens is 350 g/mol. The minimum atomic E-state index is -0.413. The number of likely N-dealkylation sites (N-methyl/N-ethyl adjacent to an activating group) is 1. The van der Waals surface area contributed by atoms with E-state index in [-0.39, 0.29) is 18.9 Å². The first-order chi connectivity index (χ1) is 11.3. The quantitative estimate of drug-likeness (QED) is 0.704. The summed E-state index contributed by atoms with van der Waals surface area (Å²) in [6, 6.07) is 5.61. The van der Waals surface area contributed by atoms with Crippen molar-refractivity contribution in [1.82, 2.24) is 14.7 Å². The number of rotatable bonds is 7. The summed E-state index contributed by atoms with van der Waals surface area (Å²) < 4.78 is 7.48. The number of carbonyl (C=O) groups is 2. The molecule has 2 heterocycles. The van der Waals surface area contributed by atoms with Gasteiger partial charge in [0.05, 0.1) is 29.5 Å². The van der Waals surface area contributed by atoms with Crippen LogP contribution in [0.15, 0.2) is 18.2 Å². The lowest BCUT2D eigenvalue weighted by Crippen LogP contribution is -2.30. The molecule has 0 atom stereocenters. The van der Waals surface area contributed by atoms with Gasteiger partial charge >= 0.3 is 5.97 Å². The highest BCUT2D eigenvalue weighted by molar-refractivity contribution is 7.16. The molecule has 1 amide bonds. The molecule has 0 aliphatic rings. The minimum Gasteiger partial charge on any atom is -0.456 e. The van der Waals surface area contributed by atoms with Crippen LogP contribution in [0, 0.1) is 13.8 Å².